The number of nitrogens with two attached hydrogens (primary N) is 1. The molecule has 1 aromatic heterocycles. The number of hydrogen-bond donors (Lipinski definition) is 1. The molecule has 0 aliphatic rings. The second-order valence-corrected chi connectivity index (χ2v) is 4.57. The van der Waals surface area contributed by atoms with Crippen molar-refractivity contribution >= 4 is 16.6 Å². The molecule has 20 heavy (non-hydrogen) atoms. The molecule has 0 saturated carbocycles. The average molecular weight is 268 g/mol. The highest BCUT2D eigenvalue weighted by Crippen LogP contribution is 2.34. The van der Waals surface area contributed by atoms with Gasteiger partial charge in [-0.2, -0.15) is 0 Å². The fraction of sp³-hybridized carbons (Fsp3) is 0.0625. The largest absolute Gasteiger partial charge is 0.454 e. The summed E-state index contributed by atoms with van der Waals surface area (Å²) in [6.45, 7) is 1.70. The van der Waals surface area contributed by atoms with Gasteiger partial charge in [0.15, 0.2) is 5.75 Å². The zero-order valence-corrected chi connectivity index (χ0v) is 10.9. The summed E-state index contributed by atoms with van der Waals surface area (Å²) >= 11 is 0. The van der Waals surface area contributed by atoms with E-state index in [1.807, 2.05) is 24.3 Å². The van der Waals surface area contributed by atoms with Gasteiger partial charge < -0.3 is 10.5 Å². The molecule has 4 heteroatoms. The van der Waals surface area contributed by atoms with Gasteiger partial charge in [0.25, 0.3) is 0 Å². The normalized spacial score (nSPS) is 10.7. The number of ether oxygens (including phenoxy) is 1. The van der Waals surface area contributed by atoms with Crippen LogP contribution in [0, 0.1) is 12.7 Å². The van der Waals surface area contributed by atoms with Crippen molar-refractivity contribution in [2.75, 3.05) is 5.73 Å². The van der Waals surface area contributed by atoms with Crippen molar-refractivity contribution in [1.29, 1.82) is 0 Å². The average Bonchev–Trinajstić information content (AvgIpc) is 2.46. The van der Waals surface area contributed by atoms with Crippen molar-refractivity contribution in [3.63, 3.8) is 0 Å². The van der Waals surface area contributed by atoms with E-state index in [-0.39, 0.29) is 5.82 Å². The number of rotatable bonds is 2. The van der Waals surface area contributed by atoms with E-state index in [0.717, 1.165) is 10.9 Å². The van der Waals surface area contributed by atoms with Crippen LogP contribution in [-0.2, 0) is 0 Å². The van der Waals surface area contributed by atoms with Gasteiger partial charge in [0.2, 0.25) is 0 Å². The van der Waals surface area contributed by atoms with E-state index in [1.54, 1.807) is 25.3 Å². The number of fused-ring (bicyclic) bond motifs is 1. The Labute approximate surface area is 115 Å². The molecule has 100 valence electrons. The van der Waals surface area contributed by atoms with Crippen LogP contribution < -0.4 is 10.5 Å². The van der Waals surface area contributed by atoms with Gasteiger partial charge in [0.05, 0.1) is 17.4 Å². The van der Waals surface area contributed by atoms with Crippen LogP contribution in [0.2, 0.25) is 0 Å². The van der Waals surface area contributed by atoms with Gasteiger partial charge in [-0.3, -0.25) is 4.98 Å². The number of hydrogen-bond acceptors (Lipinski definition) is 3. The van der Waals surface area contributed by atoms with E-state index in [0.29, 0.717) is 22.7 Å². The summed E-state index contributed by atoms with van der Waals surface area (Å²) in [5.41, 5.74) is 7.70. The lowest BCUT2D eigenvalue weighted by molar-refractivity contribution is 0.483. The standard InChI is InChI=1S/C16H13FN2O/c1-10-6-7-11(8-13(10)17)20-16-12-4-2-3-5-15(12)19-9-14(16)18/h2-9H,18H2,1H3. The van der Waals surface area contributed by atoms with Crippen molar-refractivity contribution in [3.05, 3.63) is 60.0 Å². The first-order chi connectivity index (χ1) is 9.65. The first kappa shape index (κ1) is 12.4. The molecular formula is C16H13FN2O. The van der Waals surface area contributed by atoms with Gasteiger partial charge in [-0.1, -0.05) is 18.2 Å². The van der Waals surface area contributed by atoms with Crippen LogP contribution in [0.25, 0.3) is 10.9 Å². The molecule has 0 fully saturated rings. The van der Waals surface area contributed by atoms with E-state index in [2.05, 4.69) is 4.98 Å². The number of para-hydroxylation sites is 1. The Bertz CT molecular complexity index is 787. The summed E-state index contributed by atoms with van der Waals surface area (Å²) in [5.74, 6) is 0.606. The predicted octanol–water partition coefficient (Wildman–Crippen LogP) is 4.06. The van der Waals surface area contributed by atoms with Crippen LogP contribution in [0.4, 0.5) is 10.1 Å². The molecule has 0 radical (unpaired) electrons. The van der Waals surface area contributed by atoms with E-state index < -0.39 is 0 Å². The summed E-state index contributed by atoms with van der Waals surface area (Å²) in [6, 6.07) is 12.3. The first-order valence-corrected chi connectivity index (χ1v) is 6.22. The van der Waals surface area contributed by atoms with Crippen LogP contribution >= 0.6 is 0 Å². The number of anilines is 1. The zero-order chi connectivity index (χ0) is 14.1. The molecule has 3 rings (SSSR count). The van der Waals surface area contributed by atoms with E-state index in [4.69, 9.17) is 10.5 Å². The quantitative estimate of drug-likeness (QED) is 0.762. The van der Waals surface area contributed by atoms with Crippen molar-refractivity contribution in [2.45, 2.75) is 6.92 Å². The number of aromatic nitrogens is 1. The fourth-order valence-corrected chi connectivity index (χ4v) is 2.00. The molecule has 0 amide bonds. The Balaban J connectivity index is 2.10. The van der Waals surface area contributed by atoms with Gasteiger partial charge in [-0.15, -0.1) is 0 Å². The second-order valence-electron chi connectivity index (χ2n) is 4.57. The van der Waals surface area contributed by atoms with Crippen LogP contribution in [0.1, 0.15) is 5.56 Å². The van der Waals surface area contributed by atoms with Crippen molar-refractivity contribution in [1.82, 2.24) is 4.98 Å². The van der Waals surface area contributed by atoms with E-state index in [9.17, 15) is 4.39 Å². The lowest BCUT2D eigenvalue weighted by Gasteiger charge is -2.11. The van der Waals surface area contributed by atoms with Crippen LogP contribution in [-0.4, -0.2) is 4.98 Å². The predicted molar refractivity (Wildman–Crippen MR) is 77.4 cm³/mol. The molecule has 1 heterocycles. The molecule has 0 spiro atoms. The minimum absolute atomic E-state index is 0.306. The van der Waals surface area contributed by atoms with E-state index >= 15 is 0 Å². The minimum Gasteiger partial charge on any atom is -0.454 e. The monoisotopic (exact) mass is 268 g/mol. The van der Waals surface area contributed by atoms with E-state index in [1.165, 1.54) is 6.07 Å². The molecular weight excluding hydrogens is 255 g/mol. The Morgan fingerprint density at radius 1 is 1.15 bits per heavy atom. The molecule has 3 aromatic rings. The molecule has 2 N–H and O–H groups in total. The highest BCUT2D eigenvalue weighted by atomic mass is 19.1. The third-order valence-corrected chi connectivity index (χ3v) is 3.12. The number of benzene rings is 2. The summed E-state index contributed by atoms with van der Waals surface area (Å²) in [5, 5.41) is 0.800. The topological polar surface area (TPSA) is 48.1 Å². The van der Waals surface area contributed by atoms with Crippen LogP contribution in [0.5, 0.6) is 11.5 Å². The third-order valence-electron chi connectivity index (χ3n) is 3.12. The number of pyridine rings is 1. The van der Waals surface area contributed by atoms with Gasteiger partial charge in [-0.25, -0.2) is 4.39 Å². The zero-order valence-electron chi connectivity index (χ0n) is 10.9. The van der Waals surface area contributed by atoms with Crippen LogP contribution in [0.3, 0.4) is 0 Å². The number of halogens is 1. The molecule has 0 aliphatic carbocycles. The lowest BCUT2D eigenvalue weighted by atomic mass is 10.2. The van der Waals surface area contributed by atoms with Gasteiger partial charge in [0, 0.05) is 11.5 Å². The molecule has 0 saturated heterocycles. The highest BCUT2D eigenvalue weighted by molar-refractivity contribution is 5.89. The SMILES string of the molecule is Cc1ccc(Oc2c(N)cnc3ccccc23)cc1F. The Hall–Kier alpha value is -2.62. The Morgan fingerprint density at radius 2 is 1.95 bits per heavy atom. The first-order valence-electron chi connectivity index (χ1n) is 6.22. The summed E-state index contributed by atoms with van der Waals surface area (Å²) < 4.78 is 19.3. The maximum atomic E-state index is 13.6. The summed E-state index contributed by atoms with van der Waals surface area (Å²) in [6.07, 6.45) is 1.54. The maximum absolute atomic E-state index is 13.6. The fourth-order valence-electron chi connectivity index (χ4n) is 2.00. The molecule has 3 nitrogen and oxygen atoms in total. The molecule has 0 unspecified atom stereocenters. The summed E-state index contributed by atoms with van der Waals surface area (Å²) in [4.78, 5) is 4.24. The summed E-state index contributed by atoms with van der Waals surface area (Å²) in [7, 11) is 0. The lowest BCUT2D eigenvalue weighted by Crippen LogP contribution is -1.95. The Kier molecular flexibility index (Phi) is 2.99. The Morgan fingerprint density at radius 3 is 2.75 bits per heavy atom. The molecule has 0 aliphatic heterocycles. The number of nitrogen functional groups attached to an aromatic ring is 1. The molecule has 0 atom stereocenters. The number of nitrogens with zero attached hydrogens (tertiary/aromatic N) is 1. The molecule has 0 bridgehead atoms. The maximum Gasteiger partial charge on any atom is 0.161 e. The second kappa shape index (κ2) is 4.81. The minimum atomic E-state index is -0.306. The third kappa shape index (κ3) is 2.16. The van der Waals surface area contributed by atoms with Crippen molar-refractivity contribution < 1.29 is 9.13 Å². The van der Waals surface area contributed by atoms with Crippen LogP contribution in [0.15, 0.2) is 48.7 Å². The molecule has 2 aromatic carbocycles. The van der Waals surface area contributed by atoms with Gasteiger partial charge in [0.1, 0.15) is 11.6 Å². The smallest absolute Gasteiger partial charge is 0.161 e. The number of aryl methyl sites for hydroxylation is 1. The van der Waals surface area contributed by atoms with Crippen molar-refractivity contribution in [3.8, 4) is 11.5 Å². The van der Waals surface area contributed by atoms with Gasteiger partial charge >= 0.3 is 0 Å². The highest BCUT2D eigenvalue weighted by Gasteiger charge is 2.09. The van der Waals surface area contributed by atoms with Crippen molar-refractivity contribution in [2.24, 2.45) is 0 Å². The van der Waals surface area contributed by atoms with Gasteiger partial charge in [-0.05, 0) is 30.7 Å².